The highest BCUT2D eigenvalue weighted by molar-refractivity contribution is 5.93. The SMILES string of the molecule is CO[n+]1ccc(C(C)=O)cc1. The second kappa shape index (κ2) is 3.14. The molecule has 0 aromatic carbocycles. The third-order valence-corrected chi connectivity index (χ3v) is 1.42. The number of rotatable bonds is 2. The van der Waals surface area contributed by atoms with Gasteiger partial charge in [-0.15, -0.1) is 0 Å². The van der Waals surface area contributed by atoms with E-state index in [0.29, 0.717) is 5.56 Å². The average Bonchev–Trinajstić information content (AvgIpc) is 2.05. The van der Waals surface area contributed by atoms with Crippen LogP contribution in [0.2, 0.25) is 0 Å². The van der Waals surface area contributed by atoms with Crippen molar-refractivity contribution in [2.45, 2.75) is 6.92 Å². The van der Waals surface area contributed by atoms with Crippen molar-refractivity contribution in [1.82, 2.24) is 0 Å². The normalized spacial score (nSPS) is 9.27. The van der Waals surface area contributed by atoms with Crippen LogP contribution in [0.3, 0.4) is 0 Å². The van der Waals surface area contributed by atoms with Crippen molar-refractivity contribution in [3.8, 4) is 0 Å². The Kier molecular flexibility index (Phi) is 2.21. The molecule has 0 N–H and O–H groups in total. The lowest BCUT2D eigenvalue weighted by Gasteiger charge is -1.91. The number of carbonyl (C=O) groups is 1. The van der Waals surface area contributed by atoms with Gasteiger partial charge in [0.1, 0.15) is 7.11 Å². The van der Waals surface area contributed by atoms with Gasteiger partial charge in [0.05, 0.1) is 0 Å². The molecule has 0 fully saturated rings. The maximum atomic E-state index is 10.8. The van der Waals surface area contributed by atoms with Gasteiger partial charge in [0, 0.05) is 22.4 Å². The minimum absolute atomic E-state index is 0.0632. The molecule has 1 aromatic heterocycles. The summed E-state index contributed by atoms with van der Waals surface area (Å²) in [6.07, 6.45) is 3.38. The first-order valence-corrected chi connectivity index (χ1v) is 3.31. The van der Waals surface area contributed by atoms with Crippen molar-refractivity contribution in [1.29, 1.82) is 0 Å². The Morgan fingerprint density at radius 3 is 2.36 bits per heavy atom. The molecule has 1 heterocycles. The molecule has 0 bridgehead atoms. The molecule has 1 aromatic rings. The van der Waals surface area contributed by atoms with Gasteiger partial charge in [-0.3, -0.25) is 9.63 Å². The van der Waals surface area contributed by atoms with Gasteiger partial charge in [-0.1, -0.05) is 0 Å². The predicted octanol–water partition coefficient (Wildman–Crippen LogP) is 0.235. The summed E-state index contributed by atoms with van der Waals surface area (Å²) in [5, 5.41) is 0. The van der Waals surface area contributed by atoms with Crippen molar-refractivity contribution in [2.75, 3.05) is 7.11 Å². The zero-order valence-electron chi connectivity index (χ0n) is 6.57. The van der Waals surface area contributed by atoms with E-state index < -0.39 is 0 Å². The number of Topliss-reactive ketones (excluding diaryl/α,β-unsaturated/α-hetero) is 1. The molecular formula is C8H10NO2+. The maximum absolute atomic E-state index is 10.8. The van der Waals surface area contributed by atoms with E-state index in [4.69, 9.17) is 4.84 Å². The van der Waals surface area contributed by atoms with Gasteiger partial charge in [-0.2, -0.15) is 0 Å². The van der Waals surface area contributed by atoms with Crippen LogP contribution in [-0.4, -0.2) is 12.9 Å². The van der Waals surface area contributed by atoms with Crippen LogP contribution in [0.5, 0.6) is 0 Å². The lowest BCUT2D eigenvalue weighted by Crippen LogP contribution is -2.39. The summed E-state index contributed by atoms with van der Waals surface area (Å²) in [6, 6.07) is 3.43. The van der Waals surface area contributed by atoms with Crippen LogP contribution in [0.1, 0.15) is 17.3 Å². The van der Waals surface area contributed by atoms with E-state index in [2.05, 4.69) is 0 Å². The van der Waals surface area contributed by atoms with Gasteiger partial charge < -0.3 is 0 Å². The Hall–Kier alpha value is -1.38. The van der Waals surface area contributed by atoms with Gasteiger partial charge in [0.15, 0.2) is 5.78 Å². The van der Waals surface area contributed by atoms with Crippen LogP contribution in [0.15, 0.2) is 24.5 Å². The van der Waals surface area contributed by atoms with E-state index in [1.54, 1.807) is 31.6 Å². The van der Waals surface area contributed by atoms with Gasteiger partial charge in [-0.05, 0) is 6.92 Å². The quantitative estimate of drug-likeness (QED) is 0.448. The van der Waals surface area contributed by atoms with E-state index >= 15 is 0 Å². The van der Waals surface area contributed by atoms with Gasteiger partial charge in [-0.25, -0.2) is 0 Å². The van der Waals surface area contributed by atoms with Gasteiger partial charge >= 0.3 is 0 Å². The van der Waals surface area contributed by atoms with Crippen molar-refractivity contribution in [3.63, 3.8) is 0 Å². The highest BCUT2D eigenvalue weighted by Gasteiger charge is 2.02. The molecule has 1 rings (SSSR count). The van der Waals surface area contributed by atoms with E-state index in [-0.39, 0.29) is 5.78 Å². The van der Waals surface area contributed by atoms with Crippen molar-refractivity contribution in [3.05, 3.63) is 30.1 Å². The molecule has 0 saturated heterocycles. The summed E-state index contributed by atoms with van der Waals surface area (Å²) in [5.74, 6) is 0.0632. The summed E-state index contributed by atoms with van der Waals surface area (Å²) < 4.78 is 1.52. The standard InChI is InChI=1S/C8H10NO2/c1-7(10)8-3-5-9(11-2)6-4-8/h3-6H,1-2H3/q+1. The Labute approximate surface area is 65.2 Å². The Balaban J connectivity index is 2.91. The first-order valence-electron chi connectivity index (χ1n) is 3.31. The lowest BCUT2D eigenvalue weighted by atomic mass is 10.2. The van der Waals surface area contributed by atoms with Crippen LogP contribution in [0.4, 0.5) is 0 Å². The molecule has 0 atom stereocenters. The van der Waals surface area contributed by atoms with E-state index in [0.717, 1.165) is 0 Å². The lowest BCUT2D eigenvalue weighted by molar-refractivity contribution is -0.885. The number of nitrogens with zero attached hydrogens (tertiary/aromatic N) is 1. The second-order valence-corrected chi connectivity index (χ2v) is 2.19. The topological polar surface area (TPSA) is 30.2 Å². The third kappa shape index (κ3) is 1.77. The summed E-state index contributed by atoms with van der Waals surface area (Å²) in [4.78, 5) is 15.6. The minimum atomic E-state index is 0.0632. The Morgan fingerprint density at radius 1 is 1.45 bits per heavy atom. The van der Waals surface area contributed by atoms with Crippen molar-refractivity contribution < 1.29 is 14.4 Å². The second-order valence-electron chi connectivity index (χ2n) is 2.19. The fraction of sp³-hybridized carbons (Fsp3) is 0.250. The van der Waals surface area contributed by atoms with Crippen LogP contribution in [0.25, 0.3) is 0 Å². The molecule has 3 heteroatoms. The Bertz CT molecular complexity index is 253. The summed E-state index contributed by atoms with van der Waals surface area (Å²) in [5.41, 5.74) is 0.693. The largest absolute Gasteiger partial charge is 0.295 e. The van der Waals surface area contributed by atoms with Crippen LogP contribution in [0, 0.1) is 0 Å². The molecule has 11 heavy (non-hydrogen) atoms. The molecule has 0 amide bonds. The minimum Gasteiger partial charge on any atom is -0.295 e. The van der Waals surface area contributed by atoms with Crippen molar-refractivity contribution >= 4 is 5.78 Å². The predicted molar refractivity (Wildman–Crippen MR) is 39.1 cm³/mol. The number of carbonyl (C=O) groups excluding carboxylic acids is 1. The molecule has 0 aliphatic heterocycles. The Morgan fingerprint density at radius 2 is 2.00 bits per heavy atom. The van der Waals surface area contributed by atoms with Crippen molar-refractivity contribution in [2.24, 2.45) is 0 Å². The van der Waals surface area contributed by atoms with E-state index in [1.807, 2.05) is 0 Å². The number of pyridine rings is 1. The number of hydrogen-bond donors (Lipinski definition) is 0. The fourth-order valence-corrected chi connectivity index (χ4v) is 0.769. The molecule has 58 valence electrons. The third-order valence-electron chi connectivity index (χ3n) is 1.42. The molecule has 0 aliphatic rings. The monoisotopic (exact) mass is 152 g/mol. The zero-order chi connectivity index (χ0) is 8.27. The number of hydrogen-bond acceptors (Lipinski definition) is 2. The summed E-state index contributed by atoms with van der Waals surface area (Å²) in [7, 11) is 1.56. The smallest absolute Gasteiger partial charge is 0.223 e. The molecule has 0 unspecified atom stereocenters. The zero-order valence-corrected chi connectivity index (χ0v) is 6.57. The maximum Gasteiger partial charge on any atom is 0.223 e. The van der Waals surface area contributed by atoms with Crippen LogP contribution >= 0.6 is 0 Å². The summed E-state index contributed by atoms with van der Waals surface area (Å²) in [6.45, 7) is 1.53. The first kappa shape index (κ1) is 7.72. The van der Waals surface area contributed by atoms with E-state index in [1.165, 1.54) is 11.7 Å². The van der Waals surface area contributed by atoms with E-state index in [9.17, 15) is 4.79 Å². The van der Waals surface area contributed by atoms with Crippen LogP contribution < -0.4 is 9.57 Å². The fourth-order valence-electron chi connectivity index (χ4n) is 0.769. The number of ketones is 1. The molecule has 3 nitrogen and oxygen atoms in total. The van der Waals surface area contributed by atoms with Gasteiger partial charge in [0.2, 0.25) is 12.4 Å². The van der Waals surface area contributed by atoms with Gasteiger partial charge in [0.25, 0.3) is 0 Å². The number of aromatic nitrogens is 1. The first-order chi connectivity index (χ1) is 5.24. The molecule has 0 spiro atoms. The highest BCUT2D eigenvalue weighted by atomic mass is 16.6. The molecule has 0 saturated carbocycles. The molecular weight excluding hydrogens is 142 g/mol. The molecule has 0 radical (unpaired) electrons. The highest BCUT2D eigenvalue weighted by Crippen LogP contribution is 1.94. The molecule has 0 aliphatic carbocycles. The van der Waals surface area contributed by atoms with Crippen LogP contribution in [-0.2, 0) is 0 Å². The summed E-state index contributed by atoms with van der Waals surface area (Å²) >= 11 is 0. The average molecular weight is 152 g/mol.